The molecule has 2 fully saturated rings. The van der Waals surface area contributed by atoms with Gasteiger partial charge in [-0.25, -0.2) is 18.7 Å². The van der Waals surface area contributed by atoms with Crippen LogP contribution in [-0.2, 0) is 0 Å². The van der Waals surface area contributed by atoms with Gasteiger partial charge in [-0.1, -0.05) is 0 Å². The summed E-state index contributed by atoms with van der Waals surface area (Å²) in [6.07, 6.45) is 2.64. The van der Waals surface area contributed by atoms with Gasteiger partial charge >= 0.3 is 0 Å². The van der Waals surface area contributed by atoms with Crippen LogP contribution in [-0.4, -0.2) is 68.5 Å². The van der Waals surface area contributed by atoms with Gasteiger partial charge in [0.05, 0.1) is 23.6 Å². The van der Waals surface area contributed by atoms with Crippen molar-refractivity contribution in [1.82, 2.24) is 20.2 Å². The van der Waals surface area contributed by atoms with Gasteiger partial charge in [-0.2, -0.15) is 0 Å². The fourth-order valence-electron chi connectivity index (χ4n) is 4.67. The molecular weight excluding hydrogens is 476 g/mol. The van der Waals surface area contributed by atoms with E-state index in [0.29, 0.717) is 29.1 Å². The Labute approximate surface area is 207 Å². The number of rotatable bonds is 6. The van der Waals surface area contributed by atoms with E-state index in [1.165, 1.54) is 0 Å². The van der Waals surface area contributed by atoms with Crippen molar-refractivity contribution in [2.75, 3.05) is 11.9 Å². The number of nitrogens with zero attached hydrogens (tertiary/aromatic N) is 3. The van der Waals surface area contributed by atoms with E-state index in [4.69, 9.17) is 0 Å². The van der Waals surface area contributed by atoms with Crippen LogP contribution in [0.5, 0.6) is 0 Å². The average Bonchev–Trinajstić information content (AvgIpc) is 3.44. The molecule has 1 aliphatic heterocycles. The van der Waals surface area contributed by atoms with Gasteiger partial charge in [-0.05, 0) is 58.6 Å². The number of hydrogen-bond donors (Lipinski definition) is 3. The highest BCUT2D eigenvalue weighted by Gasteiger charge is 2.46. The molecule has 35 heavy (non-hydrogen) atoms. The molecule has 2 aromatic rings. The zero-order valence-corrected chi connectivity index (χ0v) is 21.1. The van der Waals surface area contributed by atoms with Gasteiger partial charge in [-0.15, -0.1) is 11.3 Å². The minimum atomic E-state index is -2.97. The molecule has 3 heterocycles. The van der Waals surface area contributed by atoms with Crippen molar-refractivity contribution in [3.63, 3.8) is 0 Å². The first-order valence-corrected chi connectivity index (χ1v) is 12.7. The molecule has 0 radical (unpaired) electrons. The van der Waals surface area contributed by atoms with Crippen molar-refractivity contribution in [2.24, 2.45) is 0 Å². The first kappa shape index (κ1) is 25.4. The van der Waals surface area contributed by atoms with Crippen molar-refractivity contribution in [3.05, 3.63) is 28.5 Å². The lowest BCUT2D eigenvalue weighted by molar-refractivity contribution is 0.0118. The Morgan fingerprint density at radius 2 is 2.06 bits per heavy atom. The molecule has 2 amide bonds. The molecule has 0 bridgehead atoms. The third-order valence-electron chi connectivity index (χ3n) is 6.40. The van der Waals surface area contributed by atoms with Crippen molar-refractivity contribution in [1.29, 1.82) is 0 Å². The number of nitrogens with one attached hydrogen (secondary N) is 2. The van der Waals surface area contributed by atoms with E-state index in [9.17, 15) is 23.5 Å². The van der Waals surface area contributed by atoms with Gasteiger partial charge in [-0.3, -0.25) is 9.59 Å². The second-order valence-electron chi connectivity index (χ2n) is 9.80. The second kappa shape index (κ2) is 9.77. The largest absolute Gasteiger partial charge is 0.391 e. The third-order valence-corrected chi connectivity index (χ3v) is 7.49. The summed E-state index contributed by atoms with van der Waals surface area (Å²) in [5.74, 6) is -3.43. The Morgan fingerprint density at radius 3 is 2.63 bits per heavy atom. The SMILES string of the molecule is Cc1cc(NC(C)C)ncc1-c1sc(C(=O)N[C@H]2CCC[C@@H]2O)nc1C(=O)N1CC(F)(F)C[C@@H]1C. The number of aryl methyl sites for hydroxylation is 1. The lowest BCUT2D eigenvalue weighted by Gasteiger charge is -2.20. The predicted molar refractivity (Wildman–Crippen MR) is 130 cm³/mol. The second-order valence-corrected chi connectivity index (χ2v) is 10.8. The monoisotopic (exact) mass is 507 g/mol. The highest BCUT2D eigenvalue weighted by molar-refractivity contribution is 7.17. The van der Waals surface area contributed by atoms with Crippen LogP contribution in [0.3, 0.4) is 0 Å². The maximum Gasteiger partial charge on any atom is 0.280 e. The summed E-state index contributed by atoms with van der Waals surface area (Å²) < 4.78 is 28.1. The summed E-state index contributed by atoms with van der Waals surface area (Å²) in [6.45, 7) is 6.74. The van der Waals surface area contributed by atoms with E-state index < -0.39 is 42.8 Å². The molecule has 8 nitrogen and oxygen atoms in total. The normalized spacial score (nSPS) is 23.7. The zero-order chi connectivity index (χ0) is 25.5. The smallest absolute Gasteiger partial charge is 0.280 e. The highest BCUT2D eigenvalue weighted by Crippen LogP contribution is 2.37. The number of halogens is 2. The summed E-state index contributed by atoms with van der Waals surface area (Å²) in [5, 5.41) is 16.1. The number of carbonyl (C=O) groups is 2. The first-order valence-electron chi connectivity index (χ1n) is 11.9. The number of thiazole rings is 1. The standard InChI is InChI=1S/C24H31F2N5O3S/c1-12(2)28-18-8-13(3)15(10-27-18)20-19(23(34)31-11-24(25,26)9-14(31)4)30-22(35-20)21(33)29-16-6-5-7-17(16)32/h8,10,12,14,16-17,32H,5-7,9,11H2,1-4H3,(H,27,28)(H,29,33)/t14-,16-,17-/m0/s1. The Kier molecular flexibility index (Phi) is 7.10. The molecule has 4 rings (SSSR count). The molecular formula is C24H31F2N5O3S. The molecule has 0 unspecified atom stereocenters. The summed E-state index contributed by atoms with van der Waals surface area (Å²) in [7, 11) is 0. The fraction of sp³-hybridized carbons (Fsp3) is 0.583. The molecule has 3 atom stereocenters. The predicted octanol–water partition coefficient (Wildman–Crippen LogP) is 3.85. The Hall–Kier alpha value is -2.66. The van der Waals surface area contributed by atoms with Crippen LogP contribution < -0.4 is 10.6 Å². The van der Waals surface area contributed by atoms with Crippen molar-refractivity contribution in [3.8, 4) is 10.4 Å². The number of amides is 2. The van der Waals surface area contributed by atoms with E-state index in [2.05, 4.69) is 20.6 Å². The zero-order valence-electron chi connectivity index (χ0n) is 20.3. The van der Waals surface area contributed by atoms with Gasteiger partial charge in [0, 0.05) is 30.3 Å². The Bertz CT molecular complexity index is 1120. The number of alkyl halides is 2. The van der Waals surface area contributed by atoms with Gasteiger partial charge < -0.3 is 20.6 Å². The molecule has 1 saturated carbocycles. The molecule has 1 saturated heterocycles. The summed E-state index contributed by atoms with van der Waals surface area (Å²) in [4.78, 5) is 36.7. The van der Waals surface area contributed by atoms with Gasteiger partial charge in [0.15, 0.2) is 5.01 Å². The quantitative estimate of drug-likeness (QED) is 0.548. The maximum absolute atomic E-state index is 14.0. The number of likely N-dealkylation sites (tertiary alicyclic amines) is 1. The van der Waals surface area contributed by atoms with E-state index in [-0.39, 0.29) is 22.8 Å². The molecule has 2 aliphatic rings. The third kappa shape index (κ3) is 5.45. The van der Waals surface area contributed by atoms with Crippen LogP contribution in [0, 0.1) is 6.92 Å². The van der Waals surface area contributed by atoms with E-state index >= 15 is 0 Å². The maximum atomic E-state index is 14.0. The van der Waals surface area contributed by atoms with Gasteiger partial charge in [0.2, 0.25) is 0 Å². The summed E-state index contributed by atoms with van der Waals surface area (Å²) in [5.41, 5.74) is 1.38. The van der Waals surface area contributed by atoms with Crippen molar-refractivity contribution >= 4 is 29.0 Å². The summed E-state index contributed by atoms with van der Waals surface area (Å²) in [6, 6.07) is 0.976. The highest BCUT2D eigenvalue weighted by atomic mass is 32.1. The number of aliphatic hydroxyl groups excluding tert-OH is 1. The van der Waals surface area contributed by atoms with Crippen LogP contribution in [0.2, 0.25) is 0 Å². The number of hydrogen-bond acceptors (Lipinski definition) is 7. The lowest BCUT2D eigenvalue weighted by Crippen LogP contribution is -2.40. The van der Waals surface area contributed by atoms with Crippen LogP contribution in [0.15, 0.2) is 12.3 Å². The minimum Gasteiger partial charge on any atom is -0.391 e. The Balaban J connectivity index is 1.71. The van der Waals surface area contributed by atoms with Crippen LogP contribution >= 0.6 is 11.3 Å². The summed E-state index contributed by atoms with van der Waals surface area (Å²) >= 11 is 1.03. The van der Waals surface area contributed by atoms with E-state index in [1.807, 2.05) is 26.8 Å². The van der Waals surface area contributed by atoms with Crippen LogP contribution in [0.4, 0.5) is 14.6 Å². The average molecular weight is 508 g/mol. The first-order chi connectivity index (χ1) is 16.4. The van der Waals surface area contributed by atoms with Gasteiger partial charge in [0.1, 0.15) is 11.5 Å². The molecule has 2 aromatic heterocycles. The molecule has 11 heteroatoms. The lowest BCUT2D eigenvalue weighted by atomic mass is 10.1. The van der Waals surface area contributed by atoms with Crippen LogP contribution in [0.1, 0.15) is 72.3 Å². The number of aliphatic hydroxyl groups is 1. The number of pyridine rings is 1. The number of carbonyl (C=O) groups excluding carboxylic acids is 2. The molecule has 3 N–H and O–H groups in total. The van der Waals surface area contributed by atoms with Crippen LogP contribution in [0.25, 0.3) is 10.4 Å². The van der Waals surface area contributed by atoms with Gasteiger partial charge in [0.25, 0.3) is 17.7 Å². The molecule has 0 spiro atoms. The fourth-order valence-corrected chi connectivity index (χ4v) is 5.71. The van der Waals surface area contributed by atoms with E-state index in [0.717, 1.165) is 28.2 Å². The minimum absolute atomic E-state index is 0.0360. The number of aromatic nitrogens is 2. The molecule has 190 valence electrons. The Morgan fingerprint density at radius 1 is 1.31 bits per heavy atom. The van der Waals surface area contributed by atoms with Crippen molar-refractivity contribution < 1.29 is 23.5 Å². The number of anilines is 1. The topological polar surface area (TPSA) is 107 Å². The molecule has 0 aromatic carbocycles. The molecule has 1 aliphatic carbocycles. The van der Waals surface area contributed by atoms with Crippen molar-refractivity contribution in [2.45, 2.75) is 83.5 Å². The van der Waals surface area contributed by atoms with E-state index in [1.54, 1.807) is 13.1 Å².